The number of aromatic nitrogens is 1. The SMILES string of the molecule is CCOC(=O)Nc1cccc(C(=O)[C@@H](C#N)c2nc(C)cs2)c1. The Balaban J connectivity index is 2.22. The van der Waals surface area contributed by atoms with Crippen LogP contribution >= 0.6 is 11.3 Å². The summed E-state index contributed by atoms with van der Waals surface area (Å²) in [7, 11) is 0. The van der Waals surface area contributed by atoms with Gasteiger partial charge in [-0.25, -0.2) is 9.78 Å². The molecule has 0 aliphatic carbocycles. The lowest BCUT2D eigenvalue weighted by Crippen LogP contribution is -2.15. The van der Waals surface area contributed by atoms with Gasteiger partial charge >= 0.3 is 6.09 Å². The van der Waals surface area contributed by atoms with E-state index < -0.39 is 12.0 Å². The first-order valence-corrected chi connectivity index (χ1v) is 7.82. The second kappa shape index (κ2) is 7.51. The number of carbonyl (C=O) groups excluding carboxylic acids is 2. The summed E-state index contributed by atoms with van der Waals surface area (Å²) in [6.45, 7) is 3.76. The number of nitrogens with one attached hydrogen (secondary N) is 1. The summed E-state index contributed by atoms with van der Waals surface area (Å²) in [6, 6.07) is 8.39. The number of amides is 1. The third kappa shape index (κ3) is 4.14. The van der Waals surface area contributed by atoms with Gasteiger partial charge in [0.15, 0.2) is 11.7 Å². The molecule has 1 atom stereocenters. The number of Topliss-reactive ketones (excluding diaryl/α,β-unsaturated/α-hetero) is 1. The third-order valence-electron chi connectivity index (χ3n) is 2.94. The minimum atomic E-state index is -0.952. The van der Waals surface area contributed by atoms with E-state index in [2.05, 4.69) is 10.3 Å². The standard InChI is InChI=1S/C16H15N3O3S/c1-3-22-16(21)19-12-6-4-5-11(7-12)14(20)13(8-17)15-18-10(2)9-23-15/h4-7,9,13H,3H2,1-2H3,(H,19,21)/t13-/m1/s1. The number of thiazole rings is 1. The van der Waals surface area contributed by atoms with Gasteiger partial charge in [0.2, 0.25) is 0 Å². The van der Waals surface area contributed by atoms with Gasteiger partial charge in [-0.15, -0.1) is 11.3 Å². The number of ketones is 1. The lowest BCUT2D eigenvalue weighted by Gasteiger charge is -2.08. The monoisotopic (exact) mass is 329 g/mol. The van der Waals surface area contributed by atoms with Crippen molar-refractivity contribution in [3.8, 4) is 6.07 Å². The molecule has 0 aliphatic rings. The Morgan fingerprint density at radius 3 is 2.87 bits per heavy atom. The number of carbonyl (C=O) groups is 2. The van der Waals surface area contributed by atoms with E-state index in [-0.39, 0.29) is 12.4 Å². The van der Waals surface area contributed by atoms with Crippen molar-refractivity contribution in [1.29, 1.82) is 5.26 Å². The predicted molar refractivity (Wildman–Crippen MR) is 86.6 cm³/mol. The first kappa shape index (κ1) is 16.6. The van der Waals surface area contributed by atoms with Gasteiger partial charge in [0.25, 0.3) is 0 Å². The molecule has 1 amide bonds. The van der Waals surface area contributed by atoms with E-state index in [0.29, 0.717) is 16.3 Å². The van der Waals surface area contributed by atoms with E-state index in [0.717, 1.165) is 5.69 Å². The van der Waals surface area contributed by atoms with Gasteiger partial charge < -0.3 is 4.74 Å². The maximum absolute atomic E-state index is 12.5. The largest absolute Gasteiger partial charge is 0.450 e. The first-order chi connectivity index (χ1) is 11.0. The summed E-state index contributed by atoms with van der Waals surface area (Å²) in [5, 5.41) is 14.1. The molecule has 0 unspecified atom stereocenters. The Morgan fingerprint density at radius 2 is 2.26 bits per heavy atom. The van der Waals surface area contributed by atoms with Crippen molar-refractivity contribution < 1.29 is 14.3 Å². The highest BCUT2D eigenvalue weighted by Gasteiger charge is 2.24. The molecule has 0 saturated carbocycles. The van der Waals surface area contributed by atoms with E-state index >= 15 is 0 Å². The molecule has 0 radical (unpaired) electrons. The van der Waals surface area contributed by atoms with E-state index in [4.69, 9.17) is 4.74 Å². The Bertz CT molecular complexity index is 764. The highest BCUT2D eigenvalue weighted by Crippen LogP contribution is 2.25. The van der Waals surface area contributed by atoms with Crippen molar-refractivity contribution >= 4 is 28.9 Å². The molecule has 6 nitrogen and oxygen atoms in total. The van der Waals surface area contributed by atoms with Crippen LogP contribution in [0.3, 0.4) is 0 Å². The molecule has 1 aromatic heterocycles. The number of aryl methyl sites for hydroxylation is 1. The fourth-order valence-electron chi connectivity index (χ4n) is 1.93. The minimum absolute atomic E-state index is 0.254. The Morgan fingerprint density at radius 1 is 1.48 bits per heavy atom. The number of nitrogens with zero attached hydrogens (tertiary/aromatic N) is 2. The average molecular weight is 329 g/mol. The normalized spacial score (nSPS) is 11.3. The molecule has 1 N–H and O–H groups in total. The van der Waals surface area contributed by atoms with Crippen LogP contribution in [0.25, 0.3) is 0 Å². The number of benzene rings is 1. The van der Waals surface area contributed by atoms with E-state index in [9.17, 15) is 14.9 Å². The molecule has 0 bridgehead atoms. The summed E-state index contributed by atoms with van der Waals surface area (Å²) < 4.78 is 4.79. The zero-order chi connectivity index (χ0) is 16.8. The molecule has 0 fully saturated rings. The maximum Gasteiger partial charge on any atom is 0.411 e. The number of ether oxygens (including phenoxy) is 1. The van der Waals surface area contributed by atoms with Crippen LogP contribution < -0.4 is 5.32 Å². The summed E-state index contributed by atoms with van der Waals surface area (Å²) >= 11 is 1.28. The van der Waals surface area contributed by atoms with Gasteiger partial charge in [-0.3, -0.25) is 10.1 Å². The predicted octanol–water partition coefficient (Wildman–Crippen LogP) is 3.51. The number of hydrogen-bond acceptors (Lipinski definition) is 6. The molecule has 0 spiro atoms. The fourth-order valence-corrected chi connectivity index (χ4v) is 2.77. The molecule has 118 valence electrons. The summed E-state index contributed by atoms with van der Waals surface area (Å²) in [4.78, 5) is 28.2. The number of hydrogen-bond donors (Lipinski definition) is 1. The molecule has 2 aromatic rings. The molecular formula is C16H15N3O3S. The van der Waals surface area contributed by atoms with Crippen LogP contribution in [0.1, 0.15) is 33.9 Å². The molecule has 0 saturated heterocycles. The lowest BCUT2D eigenvalue weighted by atomic mass is 9.99. The van der Waals surface area contributed by atoms with Crippen LogP contribution in [0.4, 0.5) is 10.5 Å². The smallest absolute Gasteiger partial charge is 0.411 e. The van der Waals surface area contributed by atoms with E-state index in [1.807, 2.05) is 13.0 Å². The quantitative estimate of drug-likeness (QED) is 0.847. The van der Waals surface area contributed by atoms with Crippen molar-refractivity contribution in [3.63, 3.8) is 0 Å². The van der Waals surface area contributed by atoms with Gasteiger partial charge in [-0.1, -0.05) is 12.1 Å². The molecule has 2 rings (SSSR count). The second-order valence-corrected chi connectivity index (χ2v) is 5.57. The van der Waals surface area contributed by atoms with Crippen molar-refractivity contribution in [2.24, 2.45) is 0 Å². The molecular weight excluding hydrogens is 314 g/mol. The zero-order valence-corrected chi connectivity index (χ0v) is 13.5. The van der Waals surface area contributed by atoms with Crippen LogP contribution in [-0.2, 0) is 4.74 Å². The number of nitriles is 1. The fraction of sp³-hybridized carbons (Fsp3) is 0.250. The van der Waals surface area contributed by atoms with Gasteiger partial charge in [-0.05, 0) is 26.0 Å². The van der Waals surface area contributed by atoms with Crippen molar-refractivity contribution in [2.75, 3.05) is 11.9 Å². The number of anilines is 1. The van der Waals surface area contributed by atoms with Crippen molar-refractivity contribution in [1.82, 2.24) is 4.98 Å². The Kier molecular flexibility index (Phi) is 5.44. The summed E-state index contributed by atoms with van der Waals surface area (Å²) in [5.74, 6) is -1.30. The maximum atomic E-state index is 12.5. The van der Waals surface area contributed by atoms with Crippen molar-refractivity contribution in [2.45, 2.75) is 19.8 Å². The first-order valence-electron chi connectivity index (χ1n) is 6.94. The van der Waals surface area contributed by atoms with Gasteiger partial charge in [-0.2, -0.15) is 5.26 Å². The van der Waals surface area contributed by atoms with Crippen LogP contribution in [0, 0.1) is 18.3 Å². The average Bonchev–Trinajstić information content (AvgIpc) is 2.94. The van der Waals surface area contributed by atoms with Crippen LogP contribution in [0.5, 0.6) is 0 Å². The topological polar surface area (TPSA) is 92.1 Å². The van der Waals surface area contributed by atoms with Crippen LogP contribution in [0.2, 0.25) is 0 Å². The second-order valence-electron chi connectivity index (χ2n) is 4.68. The molecule has 23 heavy (non-hydrogen) atoms. The Hall–Kier alpha value is -2.72. The summed E-state index contributed by atoms with van der Waals surface area (Å²) in [5.41, 5.74) is 1.54. The summed E-state index contributed by atoms with van der Waals surface area (Å²) in [6.07, 6.45) is -0.593. The molecule has 7 heteroatoms. The molecule has 1 heterocycles. The minimum Gasteiger partial charge on any atom is -0.450 e. The highest BCUT2D eigenvalue weighted by atomic mass is 32.1. The van der Waals surface area contributed by atoms with E-state index in [1.54, 1.807) is 30.5 Å². The highest BCUT2D eigenvalue weighted by molar-refractivity contribution is 7.10. The van der Waals surface area contributed by atoms with Gasteiger partial charge in [0, 0.05) is 22.3 Å². The number of rotatable bonds is 5. The molecule has 1 aromatic carbocycles. The van der Waals surface area contributed by atoms with Gasteiger partial charge in [0.1, 0.15) is 5.01 Å². The van der Waals surface area contributed by atoms with Crippen LogP contribution in [-0.4, -0.2) is 23.5 Å². The zero-order valence-electron chi connectivity index (χ0n) is 12.7. The lowest BCUT2D eigenvalue weighted by molar-refractivity contribution is 0.0978. The van der Waals surface area contributed by atoms with E-state index in [1.165, 1.54) is 17.4 Å². The molecule has 0 aliphatic heterocycles. The van der Waals surface area contributed by atoms with Gasteiger partial charge in [0.05, 0.1) is 12.7 Å². The Labute approximate surface area is 137 Å². The van der Waals surface area contributed by atoms with Crippen molar-refractivity contribution in [3.05, 3.63) is 45.9 Å². The third-order valence-corrected chi connectivity index (χ3v) is 3.97. The van der Waals surface area contributed by atoms with Crippen LogP contribution in [0.15, 0.2) is 29.6 Å².